The van der Waals surface area contributed by atoms with Crippen molar-refractivity contribution in [3.05, 3.63) is 24.3 Å². The third-order valence-corrected chi connectivity index (χ3v) is 9.67. The Labute approximate surface area is 228 Å². The van der Waals surface area contributed by atoms with Crippen LogP contribution in [-0.4, -0.2) is 70.8 Å². The summed E-state index contributed by atoms with van der Waals surface area (Å²) in [6, 6.07) is 10.6. The lowest BCUT2D eigenvalue weighted by atomic mass is 9.89. The Bertz CT molecular complexity index is 1010. The van der Waals surface area contributed by atoms with E-state index in [4.69, 9.17) is 9.73 Å². The van der Waals surface area contributed by atoms with Gasteiger partial charge in [0.2, 0.25) is 0 Å². The summed E-state index contributed by atoms with van der Waals surface area (Å²) in [5.74, 6) is 0.258. The third kappa shape index (κ3) is 5.52. The number of epoxide rings is 1. The number of ether oxygens (including phenoxy) is 1. The van der Waals surface area contributed by atoms with Crippen molar-refractivity contribution < 1.29 is 14.6 Å². The number of rotatable bonds is 7. The fourth-order valence-corrected chi connectivity index (χ4v) is 7.89. The van der Waals surface area contributed by atoms with Gasteiger partial charge in [-0.25, -0.2) is 4.99 Å². The van der Waals surface area contributed by atoms with E-state index in [0.29, 0.717) is 36.3 Å². The molecule has 6 rings (SSSR count). The van der Waals surface area contributed by atoms with Gasteiger partial charge in [-0.2, -0.15) is 0 Å². The number of nitrogens with zero attached hydrogens (tertiary/aromatic N) is 3. The molecular weight excluding hydrogens is 476 g/mol. The molecule has 1 aromatic carbocycles. The van der Waals surface area contributed by atoms with Gasteiger partial charge in [-0.3, -0.25) is 9.69 Å². The number of benzene rings is 1. The van der Waals surface area contributed by atoms with Crippen LogP contribution in [0.15, 0.2) is 29.3 Å². The molecule has 6 atom stereocenters. The van der Waals surface area contributed by atoms with Crippen LogP contribution in [0, 0.1) is 5.92 Å². The maximum Gasteiger partial charge on any atom is 0.267 e. The van der Waals surface area contributed by atoms with E-state index in [1.54, 1.807) is 0 Å². The molecule has 7 heteroatoms. The number of para-hydroxylation sites is 2. The topological polar surface area (TPSA) is 80.7 Å². The molecule has 4 aliphatic heterocycles. The van der Waals surface area contributed by atoms with Gasteiger partial charge in [-0.05, 0) is 63.0 Å². The first-order valence-corrected chi connectivity index (χ1v) is 15.3. The summed E-state index contributed by atoms with van der Waals surface area (Å²) in [5, 5.41) is 13.0. The molecule has 4 heterocycles. The highest BCUT2D eigenvalue weighted by molar-refractivity contribution is 6.41. The summed E-state index contributed by atoms with van der Waals surface area (Å²) in [5.41, 5.74) is 2.62. The zero-order valence-electron chi connectivity index (χ0n) is 23.2. The summed E-state index contributed by atoms with van der Waals surface area (Å²) in [7, 11) is 0. The highest BCUT2D eigenvalue weighted by Gasteiger charge is 2.47. The molecule has 208 valence electrons. The largest absolute Gasteiger partial charge is 0.366 e. The number of carbonyl (C=O) groups is 1. The normalized spacial score (nSPS) is 32.8. The number of amides is 1. The van der Waals surface area contributed by atoms with E-state index in [2.05, 4.69) is 41.1 Å². The summed E-state index contributed by atoms with van der Waals surface area (Å²) < 4.78 is 5.33. The minimum absolute atomic E-state index is 0.132. The zero-order chi connectivity index (χ0) is 26.2. The molecule has 4 fully saturated rings. The number of hydrogen-bond donors (Lipinski definition) is 2. The predicted molar refractivity (Wildman–Crippen MR) is 151 cm³/mol. The molecule has 3 saturated heterocycles. The molecule has 0 aromatic heterocycles. The van der Waals surface area contributed by atoms with Crippen molar-refractivity contribution in [1.29, 1.82) is 0 Å². The maximum absolute atomic E-state index is 13.5. The number of fused-ring (bicyclic) bond motifs is 3. The predicted octanol–water partition coefficient (Wildman–Crippen LogP) is 4.94. The lowest BCUT2D eigenvalue weighted by Gasteiger charge is -2.48. The summed E-state index contributed by atoms with van der Waals surface area (Å²) in [6.07, 6.45) is 14.4. The highest BCUT2D eigenvalue weighted by atomic mass is 16.7. The highest BCUT2D eigenvalue weighted by Crippen LogP contribution is 2.44. The van der Waals surface area contributed by atoms with Gasteiger partial charge in [-0.1, -0.05) is 58.1 Å². The van der Waals surface area contributed by atoms with Crippen LogP contribution < -0.4 is 10.2 Å². The van der Waals surface area contributed by atoms with E-state index in [1.165, 1.54) is 70.6 Å². The Morgan fingerprint density at radius 1 is 1.00 bits per heavy atom. The Morgan fingerprint density at radius 2 is 1.66 bits per heavy atom. The van der Waals surface area contributed by atoms with Crippen LogP contribution in [0.5, 0.6) is 0 Å². The summed E-state index contributed by atoms with van der Waals surface area (Å²) >= 11 is 0. The molecule has 2 N–H and O–H groups in total. The van der Waals surface area contributed by atoms with E-state index >= 15 is 0 Å². The van der Waals surface area contributed by atoms with E-state index < -0.39 is 6.29 Å². The molecule has 0 radical (unpaired) electrons. The third-order valence-electron chi connectivity index (χ3n) is 9.67. The SMILES string of the molecule is CC(C)CC(NC(=O)C1=Nc2ccccc2N(C2C[C@H]3CC[C@@H](C2)N3C2CCCCCCC2)C1)C1OC1O. The second kappa shape index (κ2) is 11.3. The Hall–Kier alpha value is -1.96. The number of nitrogens with one attached hydrogen (secondary N) is 1. The molecular formula is C31H46N4O3. The average Bonchev–Trinajstić information content (AvgIpc) is 3.56. The van der Waals surface area contributed by atoms with Crippen LogP contribution in [0.4, 0.5) is 11.4 Å². The van der Waals surface area contributed by atoms with Crippen LogP contribution >= 0.6 is 0 Å². The van der Waals surface area contributed by atoms with Crippen molar-refractivity contribution in [3.8, 4) is 0 Å². The average molecular weight is 523 g/mol. The van der Waals surface area contributed by atoms with Crippen molar-refractivity contribution >= 4 is 23.0 Å². The number of aliphatic imine (C=N–C) groups is 1. The fraction of sp³-hybridized carbons (Fsp3) is 0.742. The van der Waals surface area contributed by atoms with Crippen molar-refractivity contribution in [2.24, 2.45) is 10.9 Å². The van der Waals surface area contributed by atoms with Crippen molar-refractivity contribution in [1.82, 2.24) is 10.2 Å². The Kier molecular flexibility index (Phi) is 7.79. The van der Waals surface area contributed by atoms with E-state index in [9.17, 15) is 9.90 Å². The van der Waals surface area contributed by atoms with E-state index in [1.807, 2.05) is 12.1 Å². The molecule has 38 heavy (non-hydrogen) atoms. The summed E-state index contributed by atoms with van der Waals surface area (Å²) in [4.78, 5) is 23.8. The zero-order valence-corrected chi connectivity index (χ0v) is 23.2. The van der Waals surface area contributed by atoms with Crippen molar-refractivity contribution in [3.63, 3.8) is 0 Å². The summed E-state index contributed by atoms with van der Waals surface area (Å²) in [6.45, 7) is 4.79. The van der Waals surface area contributed by atoms with Crippen LogP contribution in [0.3, 0.4) is 0 Å². The number of hydrogen-bond acceptors (Lipinski definition) is 6. The lowest BCUT2D eigenvalue weighted by Crippen LogP contribution is -2.56. The number of piperidine rings is 1. The molecule has 7 nitrogen and oxygen atoms in total. The Morgan fingerprint density at radius 3 is 2.32 bits per heavy atom. The first-order chi connectivity index (χ1) is 18.5. The molecule has 2 bridgehead atoms. The quantitative estimate of drug-likeness (QED) is 0.496. The molecule has 1 aliphatic carbocycles. The Balaban J connectivity index is 1.18. The number of anilines is 1. The van der Waals surface area contributed by atoms with Crippen molar-refractivity contribution in [2.45, 2.75) is 134 Å². The number of aliphatic hydroxyl groups is 1. The van der Waals surface area contributed by atoms with Gasteiger partial charge in [0.05, 0.1) is 24.0 Å². The van der Waals surface area contributed by atoms with Gasteiger partial charge < -0.3 is 20.1 Å². The smallest absolute Gasteiger partial charge is 0.267 e. The second-order valence-corrected chi connectivity index (χ2v) is 12.8. The minimum Gasteiger partial charge on any atom is -0.366 e. The molecule has 0 spiro atoms. The van der Waals surface area contributed by atoms with Crippen LogP contribution in [0.25, 0.3) is 0 Å². The van der Waals surface area contributed by atoms with Gasteiger partial charge in [0.1, 0.15) is 11.8 Å². The molecule has 4 unspecified atom stereocenters. The first-order valence-electron chi connectivity index (χ1n) is 15.3. The van der Waals surface area contributed by atoms with Gasteiger partial charge in [0.15, 0.2) is 6.29 Å². The van der Waals surface area contributed by atoms with Crippen LogP contribution in [0.1, 0.15) is 90.9 Å². The molecule has 1 amide bonds. The molecule has 5 aliphatic rings. The fourth-order valence-electron chi connectivity index (χ4n) is 7.89. The van der Waals surface area contributed by atoms with Gasteiger partial charge >= 0.3 is 0 Å². The number of aliphatic hydroxyl groups excluding tert-OH is 1. The lowest BCUT2D eigenvalue weighted by molar-refractivity contribution is -0.115. The van der Waals surface area contributed by atoms with Gasteiger partial charge in [0, 0.05) is 24.2 Å². The first kappa shape index (κ1) is 26.3. The van der Waals surface area contributed by atoms with Crippen molar-refractivity contribution in [2.75, 3.05) is 11.4 Å². The van der Waals surface area contributed by atoms with Gasteiger partial charge in [0.25, 0.3) is 5.91 Å². The standard InChI is InChI=1S/C31H46N4O3/c1-20(2)16-26(29-31(37)38-29)33-30(36)27-19-34(28-13-9-8-12-25(28)32-27)24-17-22-14-15-23(18-24)35(22)21-10-6-4-3-5-7-11-21/h8-9,12-13,20-24,26,29,31,37H,3-7,10-11,14-19H2,1-2H3,(H,33,36)/t22-,23+,24?,26?,29?,31?. The minimum atomic E-state index is -0.775. The van der Waals surface area contributed by atoms with Gasteiger partial charge in [-0.15, -0.1) is 0 Å². The maximum atomic E-state index is 13.5. The van der Waals surface area contributed by atoms with E-state index in [0.717, 1.165) is 23.8 Å². The second-order valence-electron chi connectivity index (χ2n) is 12.8. The van der Waals surface area contributed by atoms with Crippen LogP contribution in [-0.2, 0) is 9.53 Å². The van der Waals surface area contributed by atoms with E-state index in [-0.39, 0.29) is 18.1 Å². The number of carbonyl (C=O) groups excluding carboxylic acids is 1. The molecule has 1 aromatic rings. The molecule has 1 saturated carbocycles. The monoisotopic (exact) mass is 522 g/mol. The van der Waals surface area contributed by atoms with Crippen LogP contribution in [0.2, 0.25) is 0 Å².